The Morgan fingerprint density at radius 1 is 0.800 bits per heavy atom. The van der Waals surface area contributed by atoms with E-state index in [2.05, 4.69) is 0 Å². The third kappa shape index (κ3) is 1.89. The number of aryl methyl sites for hydroxylation is 1. The monoisotopic (exact) mass is 204 g/mol. The minimum absolute atomic E-state index is 0.301. The molecule has 76 valence electrons. The van der Waals surface area contributed by atoms with Crippen LogP contribution < -0.4 is 0 Å². The molecule has 0 heterocycles. The van der Waals surface area contributed by atoms with E-state index in [1.165, 1.54) is 12.1 Å². The van der Waals surface area contributed by atoms with E-state index in [-0.39, 0.29) is 5.82 Å². The molecule has 2 aromatic rings. The molecule has 0 aromatic heterocycles. The lowest BCUT2D eigenvalue weighted by molar-refractivity contribution is 0.615. The van der Waals surface area contributed by atoms with Gasteiger partial charge in [-0.2, -0.15) is 0 Å². The van der Waals surface area contributed by atoms with Crippen LogP contribution in [0.3, 0.4) is 0 Å². The predicted octanol–water partition coefficient (Wildman–Crippen LogP) is 3.94. The lowest BCUT2D eigenvalue weighted by Crippen LogP contribution is -1.88. The van der Waals surface area contributed by atoms with Gasteiger partial charge >= 0.3 is 0 Å². The first-order valence-electron chi connectivity index (χ1n) is 4.69. The molecule has 0 amide bonds. The van der Waals surface area contributed by atoms with Crippen LogP contribution in [0.25, 0.3) is 11.1 Å². The average Bonchev–Trinajstić information content (AvgIpc) is 2.20. The summed E-state index contributed by atoms with van der Waals surface area (Å²) in [5, 5.41) is 0. The van der Waals surface area contributed by atoms with Crippen molar-refractivity contribution in [1.29, 1.82) is 0 Å². The summed E-state index contributed by atoms with van der Waals surface area (Å²) in [4.78, 5) is 0. The highest BCUT2D eigenvalue weighted by molar-refractivity contribution is 5.65. The maximum Gasteiger partial charge on any atom is 0.131 e. The molecule has 0 saturated heterocycles. The van der Waals surface area contributed by atoms with Crippen LogP contribution in [-0.4, -0.2) is 0 Å². The van der Waals surface area contributed by atoms with Crippen molar-refractivity contribution in [3.63, 3.8) is 0 Å². The van der Waals surface area contributed by atoms with Gasteiger partial charge in [-0.3, -0.25) is 0 Å². The molecule has 0 aliphatic rings. The Labute approximate surface area is 87.2 Å². The summed E-state index contributed by atoms with van der Waals surface area (Å²) in [6.07, 6.45) is 0. The summed E-state index contributed by atoms with van der Waals surface area (Å²) in [6, 6.07) is 11.0. The van der Waals surface area contributed by atoms with Crippen molar-refractivity contribution < 1.29 is 8.78 Å². The lowest BCUT2D eigenvalue weighted by Gasteiger charge is -2.05. The van der Waals surface area contributed by atoms with E-state index in [0.29, 0.717) is 11.1 Å². The molecular formula is C13H10F2. The zero-order chi connectivity index (χ0) is 10.8. The molecule has 0 nitrogen and oxygen atoms in total. The number of halogens is 2. The van der Waals surface area contributed by atoms with Crippen LogP contribution in [0.15, 0.2) is 42.5 Å². The highest BCUT2D eigenvalue weighted by atomic mass is 19.1. The molecule has 0 radical (unpaired) electrons. The molecule has 0 spiro atoms. The molecule has 15 heavy (non-hydrogen) atoms. The summed E-state index contributed by atoms with van der Waals surface area (Å²) in [5.41, 5.74) is 1.43. The molecule has 2 heteroatoms. The SMILES string of the molecule is Cc1ccc(-c2ccccc2F)c(F)c1. The van der Waals surface area contributed by atoms with Gasteiger partial charge in [0.2, 0.25) is 0 Å². The molecule has 0 atom stereocenters. The molecule has 2 aromatic carbocycles. The van der Waals surface area contributed by atoms with Gasteiger partial charge in [-0.25, -0.2) is 8.78 Å². The Balaban J connectivity index is 2.60. The topological polar surface area (TPSA) is 0 Å². The van der Waals surface area contributed by atoms with E-state index in [1.807, 2.05) is 0 Å². The van der Waals surface area contributed by atoms with Crippen LogP contribution >= 0.6 is 0 Å². The molecule has 2 rings (SSSR count). The second-order valence-corrected chi connectivity index (χ2v) is 3.46. The summed E-state index contributed by atoms with van der Waals surface area (Å²) < 4.78 is 26.9. The third-order valence-corrected chi connectivity index (χ3v) is 2.29. The minimum atomic E-state index is -0.403. The Hall–Kier alpha value is -1.70. The number of hydrogen-bond donors (Lipinski definition) is 0. The first-order valence-corrected chi connectivity index (χ1v) is 4.69. The fourth-order valence-corrected chi connectivity index (χ4v) is 1.52. The second-order valence-electron chi connectivity index (χ2n) is 3.46. The Bertz CT molecular complexity index is 490. The van der Waals surface area contributed by atoms with Gasteiger partial charge in [-0.1, -0.05) is 30.3 Å². The van der Waals surface area contributed by atoms with Crippen molar-refractivity contribution in [3.05, 3.63) is 59.7 Å². The fraction of sp³-hybridized carbons (Fsp3) is 0.0769. The summed E-state index contributed by atoms with van der Waals surface area (Å²) in [6.45, 7) is 1.80. The molecular weight excluding hydrogens is 194 g/mol. The van der Waals surface area contributed by atoms with Gasteiger partial charge in [0.1, 0.15) is 11.6 Å². The van der Waals surface area contributed by atoms with Gasteiger partial charge in [-0.15, -0.1) is 0 Å². The molecule has 0 bridgehead atoms. The van der Waals surface area contributed by atoms with Crippen molar-refractivity contribution >= 4 is 0 Å². The van der Waals surface area contributed by atoms with E-state index in [1.54, 1.807) is 37.3 Å². The summed E-state index contributed by atoms with van der Waals surface area (Å²) in [5.74, 6) is -0.791. The highest BCUT2D eigenvalue weighted by Crippen LogP contribution is 2.25. The number of hydrogen-bond acceptors (Lipinski definition) is 0. The van der Waals surface area contributed by atoms with Gasteiger partial charge in [0.05, 0.1) is 0 Å². The first-order chi connectivity index (χ1) is 7.18. The van der Waals surface area contributed by atoms with Crippen molar-refractivity contribution in [2.45, 2.75) is 6.92 Å². The number of rotatable bonds is 1. The van der Waals surface area contributed by atoms with Crippen molar-refractivity contribution in [1.82, 2.24) is 0 Å². The zero-order valence-corrected chi connectivity index (χ0v) is 8.30. The van der Waals surface area contributed by atoms with Crippen LogP contribution in [0.4, 0.5) is 8.78 Å². The average molecular weight is 204 g/mol. The Morgan fingerprint density at radius 2 is 1.47 bits per heavy atom. The molecule has 0 aliphatic heterocycles. The van der Waals surface area contributed by atoms with E-state index in [4.69, 9.17) is 0 Å². The van der Waals surface area contributed by atoms with E-state index >= 15 is 0 Å². The lowest BCUT2D eigenvalue weighted by atomic mass is 10.0. The Morgan fingerprint density at radius 3 is 2.13 bits per heavy atom. The standard InChI is InChI=1S/C13H10F2/c1-9-6-7-11(13(15)8-9)10-4-2-3-5-12(10)14/h2-8H,1H3. The van der Waals surface area contributed by atoms with Crippen LogP contribution in [-0.2, 0) is 0 Å². The van der Waals surface area contributed by atoms with Crippen molar-refractivity contribution in [3.8, 4) is 11.1 Å². The summed E-state index contributed by atoms with van der Waals surface area (Å²) in [7, 11) is 0. The maximum absolute atomic E-state index is 13.5. The quantitative estimate of drug-likeness (QED) is 0.660. The highest BCUT2D eigenvalue weighted by Gasteiger charge is 2.08. The van der Waals surface area contributed by atoms with E-state index in [9.17, 15) is 8.78 Å². The maximum atomic E-state index is 13.5. The van der Waals surface area contributed by atoms with Gasteiger partial charge in [0, 0.05) is 11.1 Å². The first kappa shape index (κ1) is 9.84. The van der Waals surface area contributed by atoms with E-state index in [0.717, 1.165) is 5.56 Å². The zero-order valence-electron chi connectivity index (χ0n) is 8.30. The van der Waals surface area contributed by atoms with Crippen LogP contribution in [0.2, 0.25) is 0 Å². The largest absolute Gasteiger partial charge is 0.206 e. The van der Waals surface area contributed by atoms with Crippen LogP contribution in [0.1, 0.15) is 5.56 Å². The normalized spacial score (nSPS) is 10.3. The van der Waals surface area contributed by atoms with Crippen molar-refractivity contribution in [2.75, 3.05) is 0 Å². The second kappa shape index (κ2) is 3.81. The molecule has 0 fully saturated rings. The van der Waals surface area contributed by atoms with Gasteiger partial charge < -0.3 is 0 Å². The van der Waals surface area contributed by atoms with Gasteiger partial charge in [0.25, 0.3) is 0 Å². The fourth-order valence-electron chi connectivity index (χ4n) is 1.52. The van der Waals surface area contributed by atoms with Gasteiger partial charge in [0.15, 0.2) is 0 Å². The van der Waals surface area contributed by atoms with Gasteiger partial charge in [-0.05, 0) is 24.6 Å². The third-order valence-electron chi connectivity index (χ3n) is 2.29. The molecule has 0 unspecified atom stereocenters. The number of benzene rings is 2. The van der Waals surface area contributed by atoms with Crippen LogP contribution in [0, 0.1) is 18.6 Å². The smallest absolute Gasteiger partial charge is 0.131 e. The van der Waals surface area contributed by atoms with E-state index < -0.39 is 5.82 Å². The van der Waals surface area contributed by atoms with Crippen molar-refractivity contribution in [2.24, 2.45) is 0 Å². The minimum Gasteiger partial charge on any atom is -0.206 e. The Kier molecular flexibility index (Phi) is 2.50. The molecule has 0 saturated carbocycles. The van der Waals surface area contributed by atoms with Crippen LogP contribution in [0.5, 0.6) is 0 Å². The molecule has 0 N–H and O–H groups in total. The predicted molar refractivity (Wildman–Crippen MR) is 56.5 cm³/mol. The summed E-state index contributed by atoms with van der Waals surface area (Å²) >= 11 is 0. The molecule has 0 aliphatic carbocycles.